The van der Waals surface area contributed by atoms with Crippen LogP contribution in [0.15, 0.2) is 54.6 Å². The Morgan fingerprint density at radius 2 is 1.62 bits per heavy atom. The number of rotatable bonds is 5. The predicted molar refractivity (Wildman–Crippen MR) is 134 cm³/mol. The van der Waals surface area contributed by atoms with Gasteiger partial charge in [-0.2, -0.15) is 4.31 Å². The zero-order chi connectivity index (χ0) is 24.0. The molecule has 2 atom stereocenters. The van der Waals surface area contributed by atoms with Gasteiger partial charge in [0, 0.05) is 19.6 Å². The lowest BCUT2D eigenvalue weighted by atomic mass is 9.92. The number of sulfonamides is 1. The third-order valence-electron chi connectivity index (χ3n) is 6.82. The smallest absolute Gasteiger partial charge is 0.257 e. The minimum atomic E-state index is -3.53. The molecule has 0 aromatic heterocycles. The molecule has 2 aromatic carbocycles. The average molecular weight is 485 g/mol. The lowest BCUT2D eigenvalue weighted by Gasteiger charge is -2.40. The summed E-state index contributed by atoms with van der Waals surface area (Å²) < 4.78 is 35.6. The molecular formula is C27H36N2O4S. The Labute approximate surface area is 204 Å². The summed E-state index contributed by atoms with van der Waals surface area (Å²) in [6.45, 7) is 3.81. The fourth-order valence-electron chi connectivity index (χ4n) is 5.16. The summed E-state index contributed by atoms with van der Waals surface area (Å²) in [6, 6.07) is 16.6. The molecule has 6 nitrogen and oxygen atoms in total. The van der Waals surface area contributed by atoms with E-state index in [2.05, 4.69) is 6.92 Å². The predicted octanol–water partition coefficient (Wildman–Crippen LogP) is 4.85. The molecule has 1 aliphatic carbocycles. The minimum Gasteiger partial charge on any atom is -0.488 e. The van der Waals surface area contributed by atoms with E-state index in [1.807, 2.05) is 59.5 Å². The summed E-state index contributed by atoms with van der Waals surface area (Å²) in [6.07, 6.45) is 5.61. The van der Waals surface area contributed by atoms with Crippen molar-refractivity contribution in [3.8, 4) is 5.75 Å². The van der Waals surface area contributed by atoms with Crippen molar-refractivity contribution in [1.29, 1.82) is 0 Å². The van der Waals surface area contributed by atoms with Crippen LogP contribution < -0.4 is 4.74 Å². The summed E-state index contributed by atoms with van der Waals surface area (Å²) in [5.41, 5.74) is 1.37. The van der Waals surface area contributed by atoms with E-state index in [4.69, 9.17) is 4.74 Å². The van der Waals surface area contributed by atoms with E-state index in [0.717, 1.165) is 44.1 Å². The van der Waals surface area contributed by atoms with Crippen LogP contribution in [0.3, 0.4) is 0 Å². The van der Waals surface area contributed by atoms with Crippen LogP contribution in [-0.2, 0) is 15.8 Å². The Balaban J connectivity index is 1.68. The van der Waals surface area contributed by atoms with Gasteiger partial charge in [0.1, 0.15) is 11.9 Å². The van der Waals surface area contributed by atoms with Crippen molar-refractivity contribution in [2.75, 3.05) is 19.6 Å². The first-order valence-corrected chi connectivity index (χ1v) is 14.2. The number of para-hydroxylation sites is 1. The second kappa shape index (κ2) is 11.4. The Morgan fingerprint density at radius 3 is 2.41 bits per heavy atom. The van der Waals surface area contributed by atoms with Gasteiger partial charge in [0.25, 0.3) is 5.91 Å². The third-order valence-corrected chi connectivity index (χ3v) is 8.69. The number of carbonyl (C=O) groups is 1. The van der Waals surface area contributed by atoms with Crippen LogP contribution in [0.4, 0.5) is 0 Å². The SMILES string of the molecule is CCCN1CCCCN(S(=O)(=O)Cc2ccccc2)[C@@H]2CCCC[C@@H]2Oc2ccccc2C1=O. The molecule has 1 saturated carbocycles. The molecule has 0 saturated heterocycles. The zero-order valence-electron chi connectivity index (χ0n) is 20.1. The molecular weight excluding hydrogens is 448 g/mol. The molecule has 4 rings (SSSR count). The van der Waals surface area contributed by atoms with Crippen LogP contribution in [0.5, 0.6) is 5.75 Å². The van der Waals surface area contributed by atoms with Gasteiger partial charge in [0.05, 0.1) is 17.4 Å². The molecule has 0 N–H and O–H groups in total. The molecule has 7 heteroatoms. The topological polar surface area (TPSA) is 66.9 Å². The molecule has 2 aromatic rings. The van der Waals surface area contributed by atoms with Crippen molar-refractivity contribution < 1.29 is 17.9 Å². The molecule has 184 valence electrons. The Kier molecular flexibility index (Phi) is 8.27. The van der Waals surface area contributed by atoms with Crippen molar-refractivity contribution >= 4 is 15.9 Å². The standard InChI is InChI=1S/C27H36N2O4S/c1-2-18-28-19-10-11-20-29(34(31,32)21-22-12-4-3-5-13-22)24-15-7-9-17-26(24)33-25-16-8-6-14-23(25)27(28)30/h3-6,8,12-14,16,24,26H,2,7,9-11,15,17-21H2,1H3/t24-,26+/m1/s1. The van der Waals surface area contributed by atoms with Crippen LogP contribution in [-0.4, -0.2) is 55.3 Å². The summed E-state index contributed by atoms with van der Waals surface area (Å²) in [5, 5.41) is 0. The molecule has 0 unspecified atom stereocenters. The highest BCUT2D eigenvalue weighted by molar-refractivity contribution is 7.88. The molecule has 34 heavy (non-hydrogen) atoms. The molecule has 1 aliphatic heterocycles. The van der Waals surface area contributed by atoms with E-state index in [0.29, 0.717) is 37.4 Å². The van der Waals surface area contributed by atoms with Gasteiger partial charge >= 0.3 is 0 Å². The number of nitrogens with zero attached hydrogens (tertiary/aromatic N) is 2. The van der Waals surface area contributed by atoms with Crippen molar-refractivity contribution in [3.05, 3.63) is 65.7 Å². The maximum absolute atomic E-state index is 13.7. The van der Waals surface area contributed by atoms with Crippen molar-refractivity contribution in [1.82, 2.24) is 9.21 Å². The highest BCUT2D eigenvalue weighted by atomic mass is 32.2. The van der Waals surface area contributed by atoms with Crippen molar-refractivity contribution in [2.24, 2.45) is 0 Å². The van der Waals surface area contributed by atoms with E-state index >= 15 is 0 Å². The number of hydrogen-bond donors (Lipinski definition) is 0. The van der Waals surface area contributed by atoms with Gasteiger partial charge in [-0.15, -0.1) is 0 Å². The highest BCUT2D eigenvalue weighted by Gasteiger charge is 2.38. The minimum absolute atomic E-state index is 0.000983. The number of hydrogen-bond acceptors (Lipinski definition) is 4. The molecule has 2 aliphatic rings. The van der Waals surface area contributed by atoms with Crippen molar-refractivity contribution in [2.45, 2.75) is 69.8 Å². The van der Waals surface area contributed by atoms with Gasteiger partial charge in [-0.05, 0) is 56.2 Å². The van der Waals surface area contributed by atoms with E-state index < -0.39 is 10.0 Å². The monoisotopic (exact) mass is 484 g/mol. The van der Waals surface area contributed by atoms with Crippen LogP contribution in [0, 0.1) is 0 Å². The van der Waals surface area contributed by atoms with Gasteiger partial charge in [0.2, 0.25) is 10.0 Å². The largest absolute Gasteiger partial charge is 0.488 e. The second-order valence-corrected chi connectivity index (χ2v) is 11.3. The molecule has 0 spiro atoms. The average Bonchev–Trinajstić information content (AvgIpc) is 2.83. The maximum Gasteiger partial charge on any atom is 0.257 e. The normalized spacial score (nSPS) is 22.6. The van der Waals surface area contributed by atoms with E-state index in [1.165, 1.54) is 0 Å². The number of fused-ring (bicyclic) bond motifs is 2. The first-order valence-electron chi connectivity index (χ1n) is 12.6. The van der Waals surface area contributed by atoms with Gasteiger partial charge < -0.3 is 9.64 Å². The zero-order valence-corrected chi connectivity index (χ0v) is 20.9. The van der Waals surface area contributed by atoms with E-state index in [-0.39, 0.29) is 23.8 Å². The van der Waals surface area contributed by atoms with Gasteiger partial charge in [0.15, 0.2) is 0 Å². The van der Waals surface area contributed by atoms with Crippen LogP contribution >= 0.6 is 0 Å². The maximum atomic E-state index is 13.7. The first-order chi connectivity index (χ1) is 16.5. The number of ether oxygens (including phenoxy) is 1. The quantitative estimate of drug-likeness (QED) is 0.608. The molecule has 0 bridgehead atoms. The molecule has 1 heterocycles. The Bertz CT molecular complexity index is 1060. The van der Waals surface area contributed by atoms with Crippen LogP contribution in [0.1, 0.15) is 67.8 Å². The lowest BCUT2D eigenvalue weighted by molar-refractivity contribution is 0.0636. The Hall–Kier alpha value is -2.38. The second-order valence-electron chi connectivity index (χ2n) is 9.36. The van der Waals surface area contributed by atoms with Gasteiger partial charge in [-0.1, -0.05) is 55.8 Å². The van der Waals surface area contributed by atoms with E-state index in [1.54, 1.807) is 4.31 Å². The van der Waals surface area contributed by atoms with Crippen molar-refractivity contribution in [3.63, 3.8) is 0 Å². The molecule has 0 radical (unpaired) electrons. The summed E-state index contributed by atoms with van der Waals surface area (Å²) in [5.74, 6) is 0.555. The number of benzene rings is 2. The number of amides is 1. The summed E-state index contributed by atoms with van der Waals surface area (Å²) in [7, 11) is -3.53. The fourth-order valence-corrected chi connectivity index (χ4v) is 7.00. The Morgan fingerprint density at radius 1 is 0.912 bits per heavy atom. The molecule has 1 fully saturated rings. The number of carbonyl (C=O) groups excluding carboxylic acids is 1. The third kappa shape index (κ3) is 5.81. The van der Waals surface area contributed by atoms with Gasteiger partial charge in [-0.3, -0.25) is 4.79 Å². The highest BCUT2D eigenvalue weighted by Crippen LogP contribution is 2.32. The summed E-state index contributed by atoms with van der Waals surface area (Å²) >= 11 is 0. The molecule has 1 amide bonds. The fraction of sp³-hybridized carbons (Fsp3) is 0.519. The summed E-state index contributed by atoms with van der Waals surface area (Å²) in [4.78, 5) is 15.2. The van der Waals surface area contributed by atoms with Crippen LogP contribution in [0.2, 0.25) is 0 Å². The first kappa shape index (κ1) is 24.7. The lowest BCUT2D eigenvalue weighted by Crippen LogP contribution is -2.51. The van der Waals surface area contributed by atoms with Gasteiger partial charge in [-0.25, -0.2) is 8.42 Å². The van der Waals surface area contributed by atoms with Crippen LogP contribution in [0.25, 0.3) is 0 Å². The van der Waals surface area contributed by atoms with E-state index in [9.17, 15) is 13.2 Å².